The molecule has 0 saturated heterocycles. The highest BCUT2D eigenvalue weighted by Gasteiger charge is 2.07. The van der Waals surface area contributed by atoms with E-state index in [-0.39, 0.29) is 0 Å². The molecule has 1 aromatic heterocycles. The van der Waals surface area contributed by atoms with Crippen LogP contribution in [0.2, 0.25) is 5.02 Å². The summed E-state index contributed by atoms with van der Waals surface area (Å²) in [5.74, 6) is 1.60. The average molecular weight is 208 g/mol. The third kappa shape index (κ3) is 1.51. The Bertz CT molecular complexity index is 462. The largest absolute Gasteiger partial charge is 0.217 e. The van der Waals surface area contributed by atoms with Crippen molar-refractivity contribution in [2.75, 3.05) is 0 Å². The summed E-state index contributed by atoms with van der Waals surface area (Å²) < 4.78 is 1.75. The Morgan fingerprint density at radius 1 is 1.21 bits per heavy atom. The van der Waals surface area contributed by atoms with Gasteiger partial charge < -0.3 is 0 Å². The third-order valence-corrected chi connectivity index (χ3v) is 2.28. The zero-order valence-corrected chi connectivity index (χ0v) is 8.78. The SMILES string of the molecule is Cc1nc(C)n(-c2ccccc2Cl)n1. The third-order valence-electron chi connectivity index (χ3n) is 1.96. The number of para-hydroxylation sites is 1. The first kappa shape index (κ1) is 9.21. The molecule has 2 rings (SSSR count). The van der Waals surface area contributed by atoms with E-state index in [0.717, 1.165) is 17.3 Å². The molecule has 1 heterocycles. The molecule has 0 saturated carbocycles. The van der Waals surface area contributed by atoms with E-state index in [4.69, 9.17) is 11.6 Å². The van der Waals surface area contributed by atoms with Gasteiger partial charge in [-0.3, -0.25) is 0 Å². The molecule has 0 aliphatic carbocycles. The minimum atomic E-state index is 0.681. The number of aryl methyl sites for hydroxylation is 2. The quantitative estimate of drug-likeness (QED) is 0.720. The van der Waals surface area contributed by atoms with E-state index in [2.05, 4.69) is 10.1 Å². The van der Waals surface area contributed by atoms with Crippen LogP contribution in [-0.2, 0) is 0 Å². The number of hydrogen-bond donors (Lipinski definition) is 0. The van der Waals surface area contributed by atoms with Crippen molar-refractivity contribution in [1.82, 2.24) is 14.8 Å². The Kier molecular flexibility index (Phi) is 2.25. The van der Waals surface area contributed by atoms with Crippen molar-refractivity contribution in [3.8, 4) is 5.69 Å². The molecule has 0 aliphatic rings. The van der Waals surface area contributed by atoms with Gasteiger partial charge in [-0.2, -0.15) is 5.10 Å². The molecule has 0 spiro atoms. The summed E-state index contributed by atoms with van der Waals surface area (Å²) in [6, 6.07) is 7.58. The minimum Gasteiger partial charge on any atom is -0.217 e. The van der Waals surface area contributed by atoms with Gasteiger partial charge in [0, 0.05) is 0 Å². The van der Waals surface area contributed by atoms with Crippen molar-refractivity contribution in [3.05, 3.63) is 40.9 Å². The molecule has 2 aromatic rings. The van der Waals surface area contributed by atoms with Crippen molar-refractivity contribution in [2.24, 2.45) is 0 Å². The first-order valence-electron chi connectivity index (χ1n) is 4.33. The van der Waals surface area contributed by atoms with Crippen LogP contribution < -0.4 is 0 Å². The van der Waals surface area contributed by atoms with E-state index in [1.165, 1.54) is 0 Å². The Morgan fingerprint density at radius 3 is 2.50 bits per heavy atom. The van der Waals surface area contributed by atoms with Gasteiger partial charge in [0.2, 0.25) is 0 Å². The number of aromatic nitrogens is 3. The average Bonchev–Trinajstić information content (AvgIpc) is 2.46. The predicted octanol–water partition coefficient (Wildman–Crippen LogP) is 2.54. The molecule has 72 valence electrons. The van der Waals surface area contributed by atoms with E-state index in [0.29, 0.717) is 5.02 Å². The molecule has 0 radical (unpaired) electrons. The lowest BCUT2D eigenvalue weighted by Crippen LogP contribution is -1.99. The van der Waals surface area contributed by atoms with Gasteiger partial charge >= 0.3 is 0 Å². The molecule has 3 nitrogen and oxygen atoms in total. The Morgan fingerprint density at radius 2 is 1.93 bits per heavy atom. The van der Waals surface area contributed by atoms with Gasteiger partial charge in [-0.25, -0.2) is 9.67 Å². The van der Waals surface area contributed by atoms with E-state index in [9.17, 15) is 0 Å². The summed E-state index contributed by atoms with van der Waals surface area (Å²) in [6.07, 6.45) is 0. The summed E-state index contributed by atoms with van der Waals surface area (Å²) in [5.41, 5.74) is 0.868. The highest BCUT2D eigenvalue weighted by molar-refractivity contribution is 6.32. The zero-order chi connectivity index (χ0) is 10.1. The van der Waals surface area contributed by atoms with Gasteiger partial charge in [0.05, 0.1) is 10.7 Å². The van der Waals surface area contributed by atoms with Crippen LogP contribution in [0.4, 0.5) is 0 Å². The zero-order valence-electron chi connectivity index (χ0n) is 8.03. The molecule has 1 aromatic carbocycles. The molecule has 0 atom stereocenters. The smallest absolute Gasteiger partial charge is 0.148 e. The first-order valence-corrected chi connectivity index (χ1v) is 4.71. The summed E-state index contributed by atoms with van der Waals surface area (Å²) in [7, 11) is 0. The van der Waals surface area contributed by atoms with Gasteiger partial charge in [0.1, 0.15) is 11.6 Å². The van der Waals surface area contributed by atoms with Crippen molar-refractivity contribution in [3.63, 3.8) is 0 Å². The Balaban J connectivity index is 2.60. The summed E-state index contributed by atoms with van der Waals surface area (Å²) in [4.78, 5) is 4.22. The van der Waals surface area contributed by atoms with Gasteiger partial charge in [0.25, 0.3) is 0 Å². The number of rotatable bonds is 1. The standard InChI is InChI=1S/C10H10ClN3/c1-7-12-8(2)14(13-7)10-6-4-3-5-9(10)11/h3-6H,1-2H3. The second kappa shape index (κ2) is 3.42. The molecule has 0 fully saturated rings. The van der Waals surface area contributed by atoms with Crippen molar-refractivity contribution in [1.29, 1.82) is 0 Å². The Labute approximate surface area is 87.3 Å². The number of nitrogens with zero attached hydrogens (tertiary/aromatic N) is 3. The maximum atomic E-state index is 6.05. The van der Waals surface area contributed by atoms with Gasteiger partial charge in [-0.15, -0.1) is 0 Å². The van der Waals surface area contributed by atoms with E-state index in [1.807, 2.05) is 38.1 Å². The van der Waals surface area contributed by atoms with Crippen LogP contribution in [0.1, 0.15) is 11.6 Å². The molecule has 0 amide bonds. The van der Waals surface area contributed by atoms with Crippen LogP contribution in [0.5, 0.6) is 0 Å². The number of halogens is 1. The van der Waals surface area contributed by atoms with E-state index in [1.54, 1.807) is 4.68 Å². The first-order chi connectivity index (χ1) is 6.68. The minimum absolute atomic E-state index is 0.681. The normalized spacial score (nSPS) is 10.5. The summed E-state index contributed by atoms with van der Waals surface area (Å²) in [5, 5.41) is 4.94. The van der Waals surface area contributed by atoms with Crippen LogP contribution in [0.25, 0.3) is 5.69 Å². The summed E-state index contributed by atoms with van der Waals surface area (Å²) in [6.45, 7) is 3.77. The highest BCUT2D eigenvalue weighted by atomic mass is 35.5. The Hall–Kier alpha value is -1.35. The number of hydrogen-bond acceptors (Lipinski definition) is 2. The topological polar surface area (TPSA) is 30.7 Å². The van der Waals surface area contributed by atoms with Gasteiger partial charge in [-0.1, -0.05) is 23.7 Å². The maximum absolute atomic E-state index is 6.05. The number of benzene rings is 1. The highest BCUT2D eigenvalue weighted by Crippen LogP contribution is 2.19. The van der Waals surface area contributed by atoms with Crippen LogP contribution in [0.3, 0.4) is 0 Å². The van der Waals surface area contributed by atoms with Crippen LogP contribution >= 0.6 is 11.6 Å². The fourth-order valence-electron chi connectivity index (χ4n) is 1.37. The molecular weight excluding hydrogens is 198 g/mol. The lowest BCUT2D eigenvalue weighted by atomic mass is 10.3. The molecule has 4 heteroatoms. The van der Waals surface area contributed by atoms with Crippen molar-refractivity contribution in [2.45, 2.75) is 13.8 Å². The summed E-state index contributed by atoms with van der Waals surface area (Å²) >= 11 is 6.05. The molecule has 0 bridgehead atoms. The fourth-order valence-corrected chi connectivity index (χ4v) is 1.59. The van der Waals surface area contributed by atoms with Crippen molar-refractivity contribution < 1.29 is 0 Å². The predicted molar refractivity (Wildman–Crippen MR) is 55.8 cm³/mol. The van der Waals surface area contributed by atoms with Crippen LogP contribution in [-0.4, -0.2) is 14.8 Å². The molecule has 0 aliphatic heterocycles. The van der Waals surface area contributed by atoms with Gasteiger partial charge in [0.15, 0.2) is 0 Å². The monoisotopic (exact) mass is 207 g/mol. The second-order valence-electron chi connectivity index (χ2n) is 3.07. The molecule has 0 N–H and O–H groups in total. The van der Waals surface area contributed by atoms with Crippen LogP contribution in [0.15, 0.2) is 24.3 Å². The van der Waals surface area contributed by atoms with E-state index >= 15 is 0 Å². The maximum Gasteiger partial charge on any atom is 0.148 e. The fraction of sp³-hybridized carbons (Fsp3) is 0.200. The molecular formula is C10H10ClN3. The van der Waals surface area contributed by atoms with Crippen LogP contribution in [0, 0.1) is 13.8 Å². The lowest BCUT2D eigenvalue weighted by molar-refractivity contribution is 0.831. The van der Waals surface area contributed by atoms with Gasteiger partial charge in [-0.05, 0) is 26.0 Å². The van der Waals surface area contributed by atoms with E-state index < -0.39 is 0 Å². The molecule has 14 heavy (non-hydrogen) atoms. The van der Waals surface area contributed by atoms with Crippen molar-refractivity contribution >= 4 is 11.6 Å². The molecule has 0 unspecified atom stereocenters. The second-order valence-corrected chi connectivity index (χ2v) is 3.48. The lowest BCUT2D eigenvalue weighted by Gasteiger charge is -2.04.